The first-order valence-corrected chi connectivity index (χ1v) is 6.44. The molecule has 0 aliphatic carbocycles. The van der Waals surface area contributed by atoms with Gasteiger partial charge in [0, 0.05) is 12.6 Å². The predicted molar refractivity (Wildman–Crippen MR) is 68.7 cm³/mol. The van der Waals surface area contributed by atoms with Crippen LogP contribution < -0.4 is 5.32 Å². The van der Waals surface area contributed by atoms with Crippen molar-refractivity contribution in [2.24, 2.45) is 0 Å². The average Bonchev–Trinajstić information content (AvgIpc) is 2.33. The maximum absolute atomic E-state index is 11.8. The fourth-order valence-corrected chi connectivity index (χ4v) is 2.27. The number of aliphatic hydroxyl groups is 1. The van der Waals surface area contributed by atoms with Crippen LogP contribution in [0.1, 0.15) is 12.5 Å². The Hall–Kier alpha value is -1.07. The molecule has 1 saturated heterocycles. The molecule has 1 aromatic rings. The third-order valence-electron chi connectivity index (χ3n) is 2.89. The van der Waals surface area contributed by atoms with Gasteiger partial charge in [0.1, 0.15) is 6.23 Å². The summed E-state index contributed by atoms with van der Waals surface area (Å²) in [7, 11) is 0. The molecule has 0 radical (unpaired) electrons. The van der Waals surface area contributed by atoms with E-state index in [2.05, 4.69) is 21.2 Å². The molecule has 1 aromatic carbocycles. The van der Waals surface area contributed by atoms with Gasteiger partial charge in [0.15, 0.2) is 0 Å². The number of nitrogens with one attached hydrogen (secondary N) is 1. The van der Waals surface area contributed by atoms with Gasteiger partial charge in [-0.2, -0.15) is 0 Å². The highest BCUT2D eigenvalue weighted by molar-refractivity contribution is 9.09. The van der Waals surface area contributed by atoms with E-state index in [1.165, 1.54) is 4.90 Å². The summed E-state index contributed by atoms with van der Waals surface area (Å²) in [6.45, 7) is 2.27. The standard InChI is InChI=1S/C12H15BrN2O2/c1-8-10(13)11(16)15(12(17)14-8)7-9-5-3-2-4-6-9/h2-6,8,10-11,16H,7H2,1H3,(H,14,17). The monoisotopic (exact) mass is 298 g/mol. The van der Waals surface area contributed by atoms with Crippen molar-refractivity contribution in [3.63, 3.8) is 0 Å². The number of hydrogen-bond donors (Lipinski definition) is 2. The summed E-state index contributed by atoms with van der Waals surface area (Å²) in [5.74, 6) is 0. The predicted octanol–water partition coefficient (Wildman–Crippen LogP) is 1.68. The van der Waals surface area contributed by atoms with Gasteiger partial charge in [0.05, 0.1) is 4.83 Å². The number of carbonyl (C=O) groups excluding carboxylic acids is 1. The maximum Gasteiger partial charge on any atom is 0.320 e. The van der Waals surface area contributed by atoms with Gasteiger partial charge in [-0.3, -0.25) is 4.90 Å². The van der Waals surface area contributed by atoms with Gasteiger partial charge in [-0.15, -0.1) is 0 Å². The zero-order valence-electron chi connectivity index (χ0n) is 9.51. The number of carbonyl (C=O) groups is 1. The Kier molecular flexibility index (Phi) is 3.69. The lowest BCUT2D eigenvalue weighted by atomic mass is 10.1. The van der Waals surface area contributed by atoms with Crippen LogP contribution in [0.2, 0.25) is 0 Å². The van der Waals surface area contributed by atoms with E-state index >= 15 is 0 Å². The van der Waals surface area contributed by atoms with Crippen LogP contribution in [-0.4, -0.2) is 33.1 Å². The molecule has 1 aliphatic rings. The Balaban J connectivity index is 2.12. The van der Waals surface area contributed by atoms with E-state index in [9.17, 15) is 9.90 Å². The molecule has 3 unspecified atom stereocenters. The van der Waals surface area contributed by atoms with E-state index in [1.807, 2.05) is 37.3 Å². The number of benzene rings is 1. The second kappa shape index (κ2) is 5.06. The number of amides is 2. The number of urea groups is 1. The molecule has 1 heterocycles. The third-order valence-corrected chi connectivity index (χ3v) is 4.16. The van der Waals surface area contributed by atoms with E-state index in [0.717, 1.165) is 5.56 Å². The second-order valence-corrected chi connectivity index (χ2v) is 5.27. The Morgan fingerprint density at radius 1 is 1.41 bits per heavy atom. The summed E-state index contributed by atoms with van der Waals surface area (Å²) < 4.78 is 0. The molecule has 0 saturated carbocycles. The van der Waals surface area contributed by atoms with Crippen molar-refractivity contribution in [2.45, 2.75) is 30.6 Å². The zero-order valence-corrected chi connectivity index (χ0v) is 11.1. The molecular formula is C12H15BrN2O2. The number of rotatable bonds is 2. The fraction of sp³-hybridized carbons (Fsp3) is 0.417. The summed E-state index contributed by atoms with van der Waals surface area (Å²) >= 11 is 3.39. The van der Waals surface area contributed by atoms with Crippen molar-refractivity contribution in [3.05, 3.63) is 35.9 Å². The Bertz CT molecular complexity index is 399. The summed E-state index contributed by atoms with van der Waals surface area (Å²) in [6.07, 6.45) is -0.807. The van der Waals surface area contributed by atoms with Gasteiger partial charge in [-0.25, -0.2) is 4.79 Å². The molecular weight excluding hydrogens is 284 g/mol. The van der Waals surface area contributed by atoms with Gasteiger partial charge >= 0.3 is 6.03 Å². The zero-order chi connectivity index (χ0) is 12.4. The summed E-state index contributed by atoms with van der Waals surface area (Å²) in [4.78, 5) is 13.1. The van der Waals surface area contributed by atoms with Crippen LogP contribution in [-0.2, 0) is 6.54 Å². The SMILES string of the molecule is CC1NC(=O)N(Cc2ccccc2)C(O)C1Br. The van der Waals surface area contributed by atoms with Crippen LogP contribution in [0.15, 0.2) is 30.3 Å². The molecule has 0 aromatic heterocycles. The van der Waals surface area contributed by atoms with Crippen LogP contribution in [0.25, 0.3) is 0 Å². The van der Waals surface area contributed by atoms with E-state index in [-0.39, 0.29) is 16.9 Å². The molecule has 1 aliphatic heterocycles. The number of alkyl halides is 1. The highest BCUT2D eigenvalue weighted by Gasteiger charge is 2.37. The Morgan fingerprint density at radius 2 is 2.06 bits per heavy atom. The van der Waals surface area contributed by atoms with Crippen molar-refractivity contribution in [3.8, 4) is 0 Å². The number of nitrogens with zero attached hydrogens (tertiary/aromatic N) is 1. The Morgan fingerprint density at radius 3 is 2.71 bits per heavy atom. The molecule has 5 heteroatoms. The molecule has 92 valence electrons. The van der Waals surface area contributed by atoms with E-state index in [1.54, 1.807) is 0 Å². The Labute approximate surface area is 109 Å². The quantitative estimate of drug-likeness (QED) is 0.816. The number of halogens is 1. The molecule has 2 amide bonds. The summed E-state index contributed by atoms with van der Waals surface area (Å²) in [5.41, 5.74) is 0.996. The van der Waals surface area contributed by atoms with Gasteiger partial charge in [0.25, 0.3) is 0 Å². The number of hydrogen-bond acceptors (Lipinski definition) is 2. The molecule has 4 nitrogen and oxygen atoms in total. The molecule has 0 bridgehead atoms. The lowest BCUT2D eigenvalue weighted by molar-refractivity contribution is 0.00420. The van der Waals surface area contributed by atoms with Gasteiger partial charge in [-0.1, -0.05) is 46.3 Å². The van der Waals surface area contributed by atoms with Crippen molar-refractivity contribution in [1.29, 1.82) is 0 Å². The summed E-state index contributed by atoms with van der Waals surface area (Å²) in [5, 5.41) is 12.9. The minimum atomic E-state index is -0.807. The topological polar surface area (TPSA) is 52.6 Å². The van der Waals surface area contributed by atoms with Crippen LogP contribution >= 0.6 is 15.9 Å². The highest BCUT2D eigenvalue weighted by atomic mass is 79.9. The molecule has 2 N–H and O–H groups in total. The maximum atomic E-state index is 11.8. The van der Waals surface area contributed by atoms with Gasteiger partial charge in [-0.05, 0) is 12.5 Å². The second-order valence-electron chi connectivity index (χ2n) is 4.21. The lowest BCUT2D eigenvalue weighted by Gasteiger charge is -2.39. The minimum absolute atomic E-state index is 0.0791. The first-order valence-electron chi connectivity index (χ1n) is 5.53. The third kappa shape index (κ3) is 2.61. The van der Waals surface area contributed by atoms with Crippen LogP contribution in [0.5, 0.6) is 0 Å². The van der Waals surface area contributed by atoms with E-state index in [4.69, 9.17) is 0 Å². The minimum Gasteiger partial charge on any atom is -0.372 e. The van der Waals surface area contributed by atoms with Crippen molar-refractivity contribution >= 4 is 22.0 Å². The fourth-order valence-electron chi connectivity index (χ4n) is 1.85. The normalized spacial score (nSPS) is 29.0. The van der Waals surface area contributed by atoms with Gasteiger partial charge in [0.2, 0.25) is 0 Å². The van der Waals surface area contributed by atoms with Crippen molar-refractivity contribution in [1.82, 2.24) is 10.2 Å². The van der Waals surface area contributed by atoms with Crippen LogP contribution in [0.4, 0.5) is 4.79 Å². The average molecular weight is 299 g/mol. The highest BCUT2D eigenvalue weighted by Crippen LogP contribution is 2.21. The lowest BCUT2D eigenvalue weighted by Crippen LogP contribution is -2.61. The van der Waals surface area contributed by atoms with Gasteiger partial charge < -0.3 is 10.4 Å². The van der Waals surface area contributed by atoms with Crippen molar-refractivity contribution < 1.29 is 9.90 Å². The van der Waals surface area contributed by atoms with Crippen molar-refractivity contribution in [2.75, 3.05) is 0 Å². The first kappa shape index (κ1) is 12.4. The van der Waals surface area contributed by atoms with Crippen LogP contribution in [0, 0.1) is 0 Å². The van der Waals surface area contributed by atoms with E-state index < -0.39 is 6.23 Å². The molecule has 0 spiro atoms. The van der Waals surface area contributed by atoms with Crippen LogP contribution in [0.3, 0.4) is 0 Å². The molecule has 2 rings (SSSR count). The largest absolute Gasteiger partial charge is 0.372 e. The molecule has 17 heavy (non-hydrogen) atoms. The smallest absolute Gasteiger partial charge is 0.320 e. The molecule has 3 atom stereocenters. The molecule has 1 fully saturated rings. The van der Waals surface area contributed by atoms with E-state index in [0.29, 0.717) is 6.54 Å². The first-order chi connectivity index (χ1) is 8.09. The number of aliphatic hydroxyl groups excluding tert-OH is 1. The summed E-state index contributed by atoms with van der Waals surface area (Å²) in [6, 6.07) is 9.30.